The van der Waals surface area contributed by atoms with Crippen LogP contribution in [0.25, 0.3) is 0 Å². The highest BCUT2D eigenvalue weighted by Crippen LogP contribution is 2.18. The van der Waals surface area contributed by atoms with Gasteiger partial charge in [-0.15, -0.1) is 0 Å². The summed E-state index contributed by atoms with van der Waals surface area (Å²) >= 11 is 0. The molecule has 0 saturated heterocycles. The average Bonchev–Trinajstić information content (AvgIpc) is 2.21. The Hall–Kier alpha value is -0.610. The van der Waals surface area contributed by atoms with Gasteiger partial charge in [-0.3, -0.25) is 4.79 Å². The fourth-order valence-corrected chi connectivity index (χ4v) is 1.74. The van der Waals surface area contributed by atoms with Crippen LogP contribution in [0.15, 0.2) is 0 Å². The van der Waals surface area contributed by atoms with Crippen molar-refractivity contribution >= 4 is 5.91 Å². The van der Waals surface area contributed by atoms with E-state index in [1.54, 1.807) is 7.05 Å². The van der Waals surface area contributed by atoms with Crippen LogP contribution in [-0.2, 0) is 4.79 Å². The van der Waals surface area contributed by atoms with Crippen LogP contribution in [0, 0.1) is 0 Å². The molecule has 1 saturated carbocycles. The molecule has 0 heterocycles. The van der Waals surface area contributed by atoms with Gasteiger partial charge in [0.15, 0.2) is 0 Å². The van der Waals surface area contributed by atoms with Gasteiger partial charge in [-0.1, -0.05) is 12.8 Å². The first kappa shape index (κ1) is 12.5. The zero-order chi connectivity index (χ0) is 11.5. The molecule has 0 radical (unpaired) electrons. The zero-order valence-electron chi connectivity index (χ0n) is 9.84. The SMILES string of the molecule is CNC(C)(C)C(=O)N[C@H]1CCCC[C@@H]1O. The average molecular weight is 214 g/mol. The maximum atomic E-state index is 11.8. The molecule has 4 nitrogen and oxygen atoms in total. The van der Waals surface area contributed by atoms with Gasteiger partial charge in [-0.2, -0.15) is 0 Å². The quantitative estimate of drug-likeness (QED) is 0.637. The van der Waals surface area contributed by atoms with Crippen LogP contribution < -0.4 is 10.6 Å². The summed E-state index contributed by atoms with van der Waals surface area (Å²) in [6, 6.07) is -0.0705. The van der Waals surface area contributed by atoms with Gasteiger partial charge in [0.2, 0.25) is 5.91 Å². The van der Waals surface area contributed by atoms with Crippen molar-refractivity contribution in [2.75, 3.05) is 7.05 Å². The van der Waals surface area contributed by atoms with Gasteiger partial charge in [0.05, 0.1) is 17.7 Å². The predicted molar refractivity (Wildman–Crippen MR) is 59.5 cm³/mol. The van der Waals surface area contributed by atoms with Crippen LogP contribution in [0.3, 0.4) is 0 Å². The largest absolute Gasteiger partial charge is 0.391 e. The summed E-state index contributed by atoms with van der Waals surface area (Å²) in [7, 11) is 1.76. The lowest BCUT2D eigenvalue weighted by Gasteiger charge is -2.32. The summed E-state index contributed by atoms with van der Waals surface area (Å²) in [5, 5.41) is 15.6. The van der Waals surface area contributed by atoms with Crippen molar-refractivity contribution in [2.24, 2.45) is 0 Å². The van der Waals surface area contributed by atoms with Crippen LogP contribution >= 0.6 is 0 Å². The molecule has 4 heteroatoms. The molecule has 1 amide bonds. The lowest BCUT2D eigenvalue weighted by Crippen LogP contribution is -2.56. The number of aliphatic hydroxyl groups is 1. The molecule has 0 spiro atoms. The van der Waals surface area contributed by atoms with E-state index >= 15 is 0 Å². The third-order valence-corrected chi connectivity index (χ3v) is 3.24. The first-order valence-corrected chi connectivity index (χ1v) is 5.65. The van der Waals surface area contributed by atoms with E-state index in [1.807, 2.05) is 13.8 Å². The summed E-state index contributed by atoms with van der Waals surface area (Å²) in [5.41, 5.74) is -0.572. The minimum absolute atomic E-state index is 0.0454. The van der Waals surface area contributed by atoms with Gasteiger partial charge in [-0.05, 0) is 33.7 Å². The van der Waals surface area contributed by atoms with E-state index in [1.165, 1.54) is 0 Å². The number of hydrogen-bond donors (Lipinski definition) is 3. The van der Waals surface area contributed by atoms with Gasteiger partial charge in [0.25, 0.3) is 0 Å². The number of amides is 1. The van der Waals surface area contributed by atoms with Crippen LogP contribution in [0.1, 0.15) is 39.5 Å². The summed E-state index contributed by atoms with van der Waals surface area (Å²) < 4.78 is 0. The fraction of sp³-hybridized carbons (Fsp3) is 0.909. The van der Waals surface area contributed by atoms with E-state index in [-0.39, 0.29) is 18.1 Å². The molecule has 0 aromatic carbocycles. The van der Waals surface area contributed by atoms with Crippen molar-refractivity contribution in [2.45, 2.75) is 57.2 Å². The van der Waals surface area contributed by atoms with Crippen molar-refractivity contribution in [3.63, 3.8) is 0 Å². The molecule has 1 aliphatic rings. The maximum Gasteiger partial charge on any atom is 0.240 e. The molecule has 1 aliphatic carbocycles. The minimum Gasteiger partial charge on any atom is -0.391 e. The summed E-state index contributed by atoms with van der Waals surface area (Å²) in [6.45, 7) is 3.66. The molecular formula is C11H22N2O2. The molecule has 0 bridgehead atoms. The van der Waals surface area contributed by atoms with Crippen LogP contribution in [0.2, 0.25) is 0 Å². The molecular weight excluding hydrogens is 192 g/mol. The predicted octanol–water partition coefficient (Wildman–Crippen LogP) is 0.404. The summed E-state index contributed by atoms with van der Waals surface area (Å²) in [6.07, 6.45) is 3.44. The van der Waals surface area contributed by atoms with Gasteiger partial charge in [0, 0.05) is 0 Å². The number of likely N-dealkylation sites (N-methyl/N-ethyl adjacent to an activating group) is 1. The van der Waals surface area contributed by atoms with E-state index in [0.29, 0.717) is 0 Å². The highest BCUT2D eigenvalue weighted by Gasteiger charge is 2.30. The third-order valence-electron chi connectivity index (χ3n) is 3.24. The van der Waals surface area contributed by atoms with Crippen molar-refractivity contribution in [1.82, 2.24) is 10.6 Å². The molecule has 2 atom stereocenters. The molecule has 0 aliphatic heterocycles. The van der Waals surface area contributed by atoms with E-state index in [4.69, 9.17) is 0 Å². The van der Waals surface area contributed by atoms with E-state index in [2.05, 4.69) is 10.6 Å². The number of nitrogens with one attached hydrogen (secondary N) is 2. The Morgan fingerprint density at radius 3 is 2.47 bits per heavy atom. The third kappa shape index (κ3) is 3.18. The molecule has 1 rings (SSSR count). The lowest BCUT2D eigenvalue weighted by atomic mass is 9.91. The standard InChI is InChI=1S/C11H22N2O2/c1-11(2,12-3)10(15)13-8-6-4-5-7-9(8)14/h8-9,12,14H,4-7H2,1-3H3,(H,13,15)/t8-,9-/m0/s1. The van der Waals surface area contributed by atoms with Crippen LogP contribution in [-0.4, -0.2) is 35.7 Å². The molecule has 0 aromatic heterocycles. The Balaban J connectivity index is 2.50. The zero-order valence-corrected chi connectivity index (χ0v) is 9.84. The summed E-state index contributed by atoms with van der Waals surface area (Å²) in [5.74, 6) is -0.0454. The van der Waals surface area contributed by atoms with Crippen molar-refractivity contribution in [1.29, 1.82) is 0 Å². The topological polar surface area (TPSA) is 61.4 Å². The molecule has 15 heavy (non-hydrogen) atoms. The highest BCUT2D eigenvalue weighted by atomic mass is 16.3. The van der Waals surface area contributed by atoms with E-state index in [9.17, 15) is 9.90 Å². The smallest absolute Gasteiger partial charge is 0.240 e. The second-order valence-electron chi connectivity index (χ2n) is 4.81. The normalized spacial score (nSPS) is 27.5. The second-order valence-corrected chi connectivity index (χ2v) is 4.81. The minimum atomic E-state index is -0.572. The van der Waals surface area contributed by atoms with Gasteiger partial charge < -0.3 is 15.7 Å². The number of rotatable bonds is 3. The Morgan fingerprint density at radius 1 is 1.33 bits per heavy atom. The molecule has 88 valence electrons. The lowest BCUT2D eigenvalue weighted by molar-refractivity contribution is -0.128. The van der Waals surface area contributed by atoms with Crippen LogP contribution in [0.4, 0.5) is 0 Å². The molecule has 1 fully saturated rings. The van der Waals surface area contributed by atoms with E-state index in [0.717, 1.165) is 25.7 Å². The molecule has 0 aromatic rings. The van der Waals surface area contributed by atoms with Crippen molar-refractivity contribution < 1.29 is 9.90 Å². The van der Waals surface area contributed by atoms with Gasteiger partial charge >= 0.3 is 0 Å². The fourth-order valence-electron chi connectivity index (χ4n) is 1.74. The van der Waals surface area contributed by atoms with Gasteiger partial charge in [0.1, 0.15) is 0 Å². The molecule has 3 N–H and O–H groups in total. The van der Waals surface area contributed by atoms with Crippen LogP contribution in [0.5, 0.6) is 0 Å². The Labute approximate surface area is 91.4 Å². The number of carbonyl (C=O) groups is 1. The number of carbonyl (C=O) groups excluding carboxylic acids is 1. The second kappa shape index (κ2) is 4.94. The number of hydrogen-bond acceptors (Lipinski definition) is 3. The Bertz CT molecular complexity index is 229. The number of aliphatic hydroxyl groups excluding tert-OH is 1. The van der Waals surface area contributed by atoms with E-state index < -0.39 is 5.54 Å². The first-order chi connectivity index (χ1) is 6.97. The van der Waals surface area contributed by atoms with Gasteiger partial charge in [-0.25, -0.2) is 0 Å². The van der Waals surface area contributed by atoms with Crippen molar-refractivity contribution in [3.8, 4) is 0 Å². The first-order valence-electron chi connectivity index (χ1n) is 5.65. The van der Waals surface area contributed by atoms with Crippen molar-refractivity contribution in [3.05, 3.63) is 0 Å². The monoisotopic (exact) mass is 214 g/mol. The Morgan fingerprint density at radius 2 is 1.93 bits per heavy atom. The molecule has 0 unspecified atom stereocenters. The highest BCUT2D eigenvalue weighted by molar-refractivity contribution is 5.85. The maximum absolute atomic E-state index is 11.8. The summed E-state index contributed by atoms with van der Waals surface area (Å²) in [4.78, 5) is 11.8. The Kier molecular flexibility index (Phi) is 4.11.